The summed E-state index contributed by atoms with van der Waals surface area (Å²) in [6.45, 7) is 6.30. The Morgan fingerprint density at radius 3 is 2.74 bits per heavy atom. The molecule has 0 saturated heterocycles. The first-order valence-electron chi connectivity index (χ1n) is 10.7. The number of imidazole rings is 1. The van der Waals surface area contributed by atoms with Gasteiger partial charge in [-0.2, -0.15) is 0 Å². The van der Waals surface area contributed by atoms with Crippen molar-refractivity contribution in [2.75, 3.05) is 18.1 Å². The molecular formula is C24H26N6O3S. The van der Waals surface area contributed by atoms with Gasteiger partial charge in [0.25, 0.3) is 0 Å². The largest absolute Gasteiger partial charge is 0.340 e. The van der Waals surface area contributed by atoms with Gasteiger partial charge < -0.3 is 5.32 Å². The molecule has 2 aromatic carbocycles. The van der Waals surface area contributed by atoms with E-state index < -0.39 is 10.0 Å². The average Bonchev–Trinajstić information content (AvgIpc) is 3.18. The lowest BCUT2D eigenvalue weighted by Gasteiger charge is -2.12. The zero-order valence-corrected chi connectivity index (χ0v) is 19.8. The van der Waals surface area contributed by atoms with E-state index in [0.29, 0.717) is 11.5 Å². The third-order valence-electron chi connectivity index (χ3n) is 5.49. The highest BCUT2D eigenvalue weighted by molar-refractivity contribution is 7.88. The van der Waals surface area contributed by atoms with Gasteiger partial charge in [0.05, 0.1) is 17.5 Å². The fourth-order valence-electron chi connectivity index (χ4n) is 3.60. The van der Waals surface area contributed by atoms with Crippen LogP contribution in [0, 0.1) is 0 Å². The maximum atomic E-state index is 12.9. The highest BCUT2D eigenvalue weighted by Crippen LogP contribution is 2.27. The molecule has 0 bridgehead atoms. The van der Waals surface area contributed by atoms with E-state index in [0.717, 1.165) is 28.4 Å². The Hall–Kier alpha value is -3.76. The van der Waals surface area contributed by atoms with Gasteiger partial charge in [-0.15, -0.1) is 6.58 Å². The predicted octanol–water partition coefficient (Wildman–Crippen LogP) is 3.16. The van der Waals surface area contributed by atoms with Crippen molar-refractivity contribution in [3.8, 4) is 5.69 Å². The van der Waals surface area contributed by atoms with E-state index >= 15 is 0 Å². The quantitative estimate of drug-likeness (QED) is 0.358. The Balaban J connectivity index is 1.65. The molecule has 4 aromatic rings. The maximum Gasteiger partial charge on any atom is 0.332 e. The van der Waals surface area contributed by atoms with E-state index in [2.05, 4.69) is 45.6 Å². The smallest absolute Gasteiger partial charge is 0.332 e. The summed E-state index contributed by atoms with van der Waals surface area (Å²) >= 11 is 0. The van der Waals surface area contributed by atoms with Crippen molar-refractivity contribution in [1.82, 2.24) is 23.8 Å². The minimum absolute atomic E-state index is 0.131. The van der Waals surface area contributed by atoms with E-state index in [1.807, 2.05) is 36.4 Å². The summed E-state index contributed by atoms with van der Waals surface area (Å²) in [5, 5.41) is 4.13. The van der Waals surface area contributed by atoms with Crippen LogP contribution in [0.25, 0.3) is 16.6 Å². The lowest BCUT2D eigenvalue weighted by atomic mass is 10.0. The molecule has 4 rings (SSSR count). The van der Waals surface area contributed by atoms with Gasteiger partial charge in [0.2, 0.25) is 10.0 Å². The molecule has 0 fully saturated rings. The van der Waals surface area contributed by atoms with Crippen LogP contribution in [-0.4, -0.2) is 40.3 Å². The van der Waals surface area contributed by atoms with Crippen molar-refractivity contribution in [3.05, 3.63) is 89.9 Å². The number of nitrogens with zero attached hydrogens (tertiary/aromatic N) is 4. The molecule has 2 aromatic heterocycles. The van der Waals surface area contributed by atoms with Crippen molar-refractivity contribution in [3.63, 3.8) is 0 Å². The number of hydrogen-bond acceptors (Lipinski definition) is 6. The molecule has 34 heavy (non-hydrogen) atoms. The molecule has 0 aliphatic carbocycles. The Kier molecular flexibility index (Phi) is 6.62. The number of rotatable bonds is 9. The summed E-state index contributed by atoms with van der Waals surface area (Å²) in [6.07, 6.45) is 7.76. The van der Waals surface area contributed by atoms with Crippen LogP contribution in [0.2, 0.25) is 0 Å². The predicted molar refractivity (Wildman–Crippen MR) is 134 cm³/mol. The summed E-state index contributed by atoms with van der Waals surface area (Å²) < 4.78 is 27.9. The van der Waals surface area contributed by atoms with E-state index in [4.69, 9.17) is 0 Å². The van der Waals surface area contributed by atoms with Gasteiger partial charge in [-0.3, -0.25) is 9.13 Å². The average molecular weight is 479 g/mol. The number of benzene rings is 2. The maximum absolute atomic E-state index is 12.9. The van der Waals surface area contributed by atoms with Crippen molar-refractivity contribution in [2.24, 2.45) is 0 Å². The van der Waals surface area contributed by atoms with Crippen LogP contribution in [0.3, 0.4) is 0 Å². The molecule has 10 heteroatoms. The fourth-order valence-corrected chi connectivity index (χ4v) is 4.06. The van der Waals surface area contributed by atoms with Gasteiger partial charge in [-0.25, -0.2) is 27.9 Å². The van der Waals surface area contributed by atoms with Crippen molar-refractivity contribution in [1.29, 1.82) is 0 Å². The van der Waals surface area contributed by atoms with Crippen LogP contribution in [0.5, 0.6) is 0 Å². The lowest BCUT2D eigenvalue weighted by molar-refractivity contribution is 0.575. The van der Waals surface area contributed by atoms with Crippen LogP contribution in [0.4, 0.5) is 11.5 Å². The molecule has 1 atom stereocenters. The summed E-state index contributed by atoms with van der Waals surface area (Å²) in [6, 6.07) is 13.6. The lowest BCUT2D eigenvalue weighted by Crippen LogP contribution is -2.30. The summed E-state index contributed by atoms with van der Waals surface area (Å²) in [7, 11) is -3.31. The zero-order chi connectivity index (χ0) is 24.3. The summed E-state index contributed by atoms with van der Waals surface area (Å²) in [5.74, 6) is 0.846. The number of aromatic nitrogens is 4. The third-order valence-corrected chi connectivity index (χ3v) is 6.22. The second kappa shape index (κ2) is 9.62. The van der Waals surface area contributed by atoms with Crippen molar-refractivity contribution in [2.45, 2.75) is 19.4 Å². The number of fused-ring (bicyclic) bond motifs is 1. The molecule has 2 heterocycles. The molecule has 176 valence electrons. The molecule has 1 unspecified atom stereocenters. The van der Waals surface area contributed by atoms with Gasteiger partial charge in [-0.1, -0.05) is 25.1 Å². The highest BCUT2D eigenvalue weighted by Gasteiger charge is 2.11. The van der Waals surface area contributed by atoms with Gasteiger partial charge in [-0.05, 0) is 41.8 Å². The summed E-state index contributed by atoms with van der Waals surface area (Å²) in [4.78, 5) is 21.6. The van der Waals surface area contributed by atoms with Crippen molar-refractivity contribution >= 4 is 32.4 Å². The van der Waals surface area contributed by atoms with Gasteiger partial charge >= 0.3 is 5.69 Å². The Labute approximate surface area is 197 Å². The molecule has 0 saturated carbocycles. The number of hydrogen-bond donors (Lipinski definition) is 2. The van der Waals surface area contributed by atoms with Crippen molar-refractivity contribution < 1.29 is 8.42 Å². The monoisotopic (exact) mass is 478 g/mol. The molecule has 2 N–H and O–H groups in total. The standard InChI is InChI=1S/C24H26N6O3S/c1-4-17(2)18-6-5-7-19(14-18)28-23-21-15-20(8-9-22(21)25-16-26-23)30-13-12-29(24(30)31)11-10-27-34(3,32)33/h4-9,12-17,27H,1,10-11H2,2-3H3,(H,25,26,28). The SMILES string of the molecule is C=CC(C)c1cccc(Nc2ncnc3ccc(-n4ccn(CCNS(C)(=O)=O)c4=O)cc23)c1. The minimum Gasteiger partial charge on any atom is -0.340 e. The molecular weight excluding hydrogens is 452 g/mol. The Morgan fingerprint density at radius 1 is 1.15 bits per heavy atom. The van der Waals surface area contributed by atoms with E-state index in [1.165, 1.54) is 15.5 Å². The van der Waals surface area contributed by atoms with Crippen LogP contribution in [0.1, 0.15) is 18.4 Å². The molecule has 0 aliphatic rings. The zero-order valence-electron chi connectivity index (χ0n) is 19.0. The van der Waals surface area contributed by atoms with Gasteiger partial charge in [0.1, 0.15) is 12.1 Å². The molecule has 0 spiro atoms. The number of nitrogens with one attached hydrogen (secondary N) is 2. The second-order valence-corrected chi connectivity index (χ2v) is 9.84. The Morgan fingerprint density at radius 2 is 1.97 bits per heavy atom. The molecule has 0 amide bonds. The molecule has 9 nitrogen and oxygen atoms in total. The van der Waals surface area contributed by atoms with E-state index in [1.54, 1.807) is 12.4 Å². The highest BCUT2D eigenvalue weighted by atomic mass is 32.2. The second-order valence-electron chi connectivity index (χ2n) is 8.01. The fraction of sp³-hybridized carbons (Fsp3) is 0.208. The minimum atomic E-state index is -3.31. The number of anilines is 2. The molecule has 0 aliphatic heterocycles. The number of sulfonamides is 1. The van der Waals surface area contributed by atoms with Crippen LogP contribution in [0.15, 0.2) is 78.6 Å². The topological polar surface area (TPSA) is 111 Å². The third kappa shape index (κ3) is 5.24. The normalized spacial score (nSPS) is 12.5. The molecule has 0 radical (unpaired) electrons. The van der Waals surface area contributed by atoms with Gasteiger partial charge in [0.15, 0.2) is 0 Å². The first kappa shape index (κ1) is 23.4. The summed E-state index contributed by atoms with van der Waals surface area (Å²) in [5.41, 5.74) is 3.14. The van der Waals surface area contributed by atoms with Crippen LogP contribution < -0.4 is 15.7 Å². The van der Waals surface area contributed by atoms with E-state index in [-0.39, 0.29) is 24.7 Å². The van der Waals surface area contributed by atoms with E-state index in [9.17, 15) is 13.2 Å². The van der Waals surface area contributed by atoms with Crippen LogP contribution >= 0.6 is 0 Å². The first-order valence-corrected chi connectivity index (χ1v) is 12.6. The van der Waals surface area contributed by atoms with Gasteiger partial charge in [0, 0.05) is 36.6 Å². The number of allylic oxidation sites excluding steroid dienone is 1. The Bertz CT molecular complexity index is 1510. The van der Waals surface area contributed by atoms with Crippen LogP contribution in [-0.2, 0) is 16.6 Å². The first-order chi connectivity index (χ1) is 16.2.